The van der Waals surface area contributed by atoms with Crippen LogP contribution in [0.5, 0.6) is 5.75 Å². The average Bonchev–Trinajstić information content (AvgIpc) is 3.39. The van der Waals surface area contributed by atoms with E-state index in [9.17, 15) is 14.7 Å². The fourth-order valence-corrected chi connectivity index (χ4v) is 4.75. The van der Waals surface area contributed by atoms with E-state index in [4.69, 9.17) is 26.2 Å². The van der Waals surface area contributed by atoms with Crippen LogP contribution in [0.3, 0.4) is 0 Å². The number of likely N-dealkylation sites (tertiary alicyclic amines) is 1. The molecule has 10 heteroatoms. The van der Waals surface area contributed by atoms with E-state index in [2.05, 4.69) is 15.2 Å². The van der Waals surface area contributed by atoms with Crippen molar-refractivity contribution >= 4 is 29.0 Å². The van der Waals surface area contributed by atoms with Gasteiger partial charge in [-0.25, -0.2) is 4.98 Å². The first-order valence-corrected chi connectivity index (χ1v) is 13.6. The minimum Gasteiger partial charge on any atom is -0.496 e. The zero-order chi connectivity index (χ0) is 27.7. The lowest BCUT2D eigenvalue weighted by molar-refractivity contribution is -0.119. The van der Waals surface area contributed by atoms with Gasteiger partial charge in [0.05, 0.1) is 30.2 Å². The number of halogens is 1. The standard InChI is InChI=1S/C28H39ClN4O5/c1-4-20(34)8-6-5-7-9-23(32-26(35)22(30)17-28(36)12-14-33(2)15-13-28)27-31-18-25(38-27)21-11-10-19(29)16-24(21)37-3/h10-11,16,18,23,30,36H,4-9,12-15,17H2,1-3H3,(H,32,35)/t23-/m0/s1. The summed E-state index contributed by atoms with van der Waals surface area (Å²) in [4.78, 5) is 31.2. The second-order valence-corrected chi connectivity index (χ2v) is 10.5. The Morgan fingerprint density at radius 1 is 1.29 bits per heavy atom. The Bertz CT molecular complexity index is 1110. The monoisotopic (exact) mass is 546 g/mol. The predicted octanol–water partition coefficient (Wildman–Crippen LogP) is 4.96. The Morgan fingerprint density at radius 2 is 2.03 bits per heavy atom. The molecule has 3 N–H and O–H groups in total. The minimum absolute atomic E-state index is 0.00265. The number of benzene rings is 1. The summed E-state index contributed by atoms with van der Waals surface area (Å²) in [6, 6.07) is 4.63. The summed E-state index contributed by atoms with van der Waals surface area (Å²) in [5.74, 6) is 1.02. The third-order valence-electron chi connectivity index (χ3n) is 7.10. The maximum absolute atomic E-state index is 13.0. The van der Waals surface area contributed by atoms with Gasteiger partial charge in [-0.05, 0) is 50.9 Å². The van der Waals surface area contributed by atoms with Gasteiger partial charge in [0, 0.05) is 37.4 Å². The molecular weight excluding hydrogens is 508 g/mol. The Balaban J connectivity index is 1.71. The number of hydrogen-bond donors (Lipinski definition) is 3. The minimum atomic E-state index is -1.05. The number of ketones is 1. The third-order valence-corrected chi connectivity index (χ3v) is 7.33. The molecule has 0 radical (unpaired) electrons. The number of methoxy groups -OCH3 is 1. The van der Waals surface area contributed by atoms with Crippen molar-refractivity contribution in [3.05, 3.63) is 35.3 Å². The molecule has 3 rings (SSSR count). The summed E-state index contributed by atoms with van der Waals surface area (Å²) in [5, 5.41) is 22.7. The Labute approximate surface area is 229 Å². The summed E-state index contributed by atoms with van der Waals surface area (Å²) in [7, 11) is 3.53. The number of carbonyl (C=O) groups excluding carboxylic acids is 2. The highest BCUT2D eigenvalue weighted by atomic mass is 35.5. The zero-order valence-electron chi connectivity index (χ0n) is 22.5. The molecule has 9 nitrogen and oxygen atoms in total. The number of rotatable bonds is 14. The molecule has 0 aliphatic carbocycles. The molecule has 0 spiro atoms. The molecule has 1 amide bonds. The number of aromatic nitrogens is 1. The molecule has 38 heavy (non-hydrogen) atoms. The van der Waals surface area contributed by atoms with Crippen molar-refractivity contribution in [3.63, 3.8) is 0 Å². The summed E-state index contributed by atoms with van der Waals surface area (Å²) < 4.78 is 11.5. The number of unbranched alkanes of at least 4 members (excludes halogenated alkanes) is 2. The van der Waals surface area contributed by atoms with E-state index in [0.29, 0.717) is 60.1 Å². The van der Waals surface area contributed by atoms with Gasteiger partial charge in [-0.15, -0.1) is 0 Å². The van der Waals surface area contributed by atoms with E-state index in [1.807, 2.05) is 14.0 Å². The molecule has 208 valence electrons. The molecule has 1 saturated heterocycles. The highest BCUT2D eigenvalue weighted by Crippen LogP contribution is 2.34. The average molecular weight is 547 g/mol. The van der Waals surface area contributed by atoms with Crippen LogP contribution in [0.15, 0.2) is 28.8 Å². The summed E-state index contributed by atoms with van der Waals surface area (Å²) >= 11 is 6.09. The smallest absolute Gasteiger partial charge is 0.265 e. The molecule has 0 unspecified atom stereocenters. The molecule has 0 saturated carbocycles. The molecule has 0 bridgehead atoms. The lowest BCUT2D eigenvalue weighted by Gasteiger charge is -2.36. The molecule has 1 aromatic heterocycles. The van der Waals surface area contributed by atoms with Crippen LogP contribution < -0.4 is 10.1 Å². The lowest BCUT2D eigenvalue weighted by atomic mass is 9.86. The Hall–Kier alpha value is -2.75. The maximum Gasteiger partial charge on any atom is 0.265 e. The number of nitrogens with one attached hydrogen (secondary N) is 2. The van der Waals surface area contributed by atoms with Crippen molar-refractivity contribution < 1.29 is 23.8 Å². The van der Waals surface area contributed by atoms with E-state index in [1.54, 1.807) is 31.5 Å². The quantitative estimate of drug-likeness (QED) is 0.226. The number of aliphatic hydroxyl groups is 1. The highest BCUT2D eigenvalue weighted by Gasteiger charge is 2.34. The summed E-state index contributed by atoms with van der Waals surface area (Å²) in [6.07, 6.45) is 6.58. The van der Waals surface area contributed by atoms with E-state index in [1.165, 1.54) is 0 Å². The molecule has 2 aromatic rings. The third kappa shape index (κ3) is 8.38. The molecule has 2 heterocycles. The van der Waals surface area contributed by atoms with Crippen molar-refractivity contribution in [1.29, 1.82) is 5.41 Å². The van der Waals surface area contributed by atoms with E-state index in [0.717, 1.165) is 32.4 Å². The van der Waals surface area contributed by atoms with Crippen molar-refractivity contribution in [2.24, 2.45) is 0 Å². The predicted molar refractivity (Wildman–Crippen MR) is 147 cm³/mol. The molecule has 1 atom stereocenters. The fraction of sp³-hybridized carbons (Fsp3) is 0.571. The number of hydrogen-bond acceptors (Lipinski definition) is 8. The van der Waals surface area contributed by atoms with Crippen molar-refractivity contribution in [3.8, 4) is 17.1 Å². The molecule has 1 aromatic carbocycles. The van der Waals surface area contributed by atoms with E-state index in [-0.39, 0.29) is 17.9 Å². The molecule has 1 fully saturated rings. The van der Waals surface area contributed by atoms with Gasteiger partial charge in [0.25, 0.3) is 5.91 Å². The Kier molecular flexibility index (Phi) is 10.9. The van der Waals surface area contributed by atoms with Gasteiger partial charge in [0.15, 0.2) is 5.76 Å². The number of ether oxygens (including phenoxy) is 1. The second kappa shape index (κ2) is 13.9. The number of amides is 1. The van der Waals surface area contributed by atoms with Gasteiger partial charge in [-0.3, -0.25) is 15.0 Å². The first-order valence-electron chi connectivity index (χ1n) is 13.2. The van der Waals surface area contributed by atoms with Crippen LogP contribution >= 0.6 is 11.6 Å². The lowest BCUT2D eigenvalue weighted by Crippen LogP contribution is -2.46. The first kappa shape index (κ1) is 29.8. The van der Waals surface area contributed by atoms with Crippen LogP contribution in [0, 0.1) is 5.41 Å². The van der Waals surface area contributed by atoms with Gasteiger partial charge in [0.2, 0.25) is 5.89 Å². The highest BCUT2D eigenvalue weighted by molar-refractivity contribution is 6.37. The SMILES string of the molecule is CCC(=O)CCCCC[C@H](NC(=O)C(=N)CC1(O)CCN(C)CC1)c1ncc(-c2ccc(Cl)cc2OC)o1. The zero-order valence-corrected chi connectivity index (χ0v) is 23.3. The van der Waals surface area contributed by atoms with Crippen LogP contribution in [0.1, 0.15) is 76.6 Å². The topological polar surface area (TPSA) is 129 Å². The largest absolute Gasteiger partial charge is 0.496 e. The molecule has 1 aliphatic rings. The van der Waals surface area contributed by atoms with Crippen molar-refractivity contribution in [2.45, 2.75) is 76.4 Å². The molecular formula is C28H39ClN4O5. The van der Waals surface area contributed by atoms with E-state index < -0.39 is 17.6 Å². The summed E-state index contributed by atoms with van der Waals surface area (Å²) in [6.45, 7) is 3.31. The Morgan fingerprint density at radius 3 is 2.71 bits per heavy atom. The van der Waals surface area contributed by atoms with Crippen molar-refractivity contribution in [1.82, 2.24) is 15.2 Å². The fourth-order valence-electron chi connectivity index (χ4n) is 4.59. The number of nitrogens with zero attached hydrogens (tertiary/aromatic N) is 2. The van der Waals surface area contributed by atoms with E-state index >= 15 is 0 Å². The van der Waals surface area contributed by atoms with Crippen LogP contribution in [0.4, 0.5) is 0 Å². The van der Waals surface area contributed by atoms with Crippen LogP contribution in [-0.2, 0) is 9.59 Å². The number of oxazole rings is 1. The maximum atomic E-state index is 13.0. The number of piperidine rings is 1. The van der Waals surface area contributed by atoms with Crippen molar-refractivity contribution in [2.75, 3.05) is 27.2 Å². The second-order valence-electron chi connectivity index (χ2n) is 10.1. The number of Topliss-reactive ketones (excluding diaryl/α,β-unsaturated/α-hetero) is 1. The van der Waals surface area contributed by atoms with Crippen LogP contribution in [0.25, 0.3) is 11.3 Å². The van der Waals surface area contributed by atoms with Gasteiger partial charge < -0.3 is 24.5 Å². The molecule has 1 aliphatic heterocycles. The van der Waals surface area contributed by atoms with Crippen LogP contribution in [0.2, 0.25) is 5.02 Å². The van der Waals surface area contributed by atoms with Crippen LogP contribution in [-0.4, -0.2) is 65.2 Å². The number of carbonyl (C=O) groups is 2. The normalized spacial score (nSPS) is 16.1. The first-order chi connectivity index (χ1) is 18.1. The van der Waals surface area contributed by atoms with Gasteiger partial charge in [-0.2, -0.15) is 0 Å². The van der Waals surface area contributed by atoms with Gasteiger partial charge in [0.1, 0.15) is 17.6 Å². The van der Waals surface area contributed by atoms with Gasteiger partial charge >= 0.3 is 0 Å². The van der Waals surface area contributed by atoms with Gasteiger partial charge in [-0.1, -0.05) is 31.4 Å². The summed E-state index contributed by atoms with van der Waals surface area (Å²) in [5.41, 5.74) is -0.540.